The van der Waals surface area contributed by atoms with E-state index in [4.69, 9.17) is 5.10 Å². The first kappa shape index (κ1) is 21.3. The van der Waals surface area contributed by atoms with Crippen LogP contribution in [-0.2, 0) is 7.05 Å². The lowest BCUT2D eigenvalue weighted by atomic mass is 10.1. The Balaban J connectivity index is 1.71. The summed E-state index contributed by atoms with van der Waals surface area (Å²) in [5, 5.41) is 8.84. The Hall–Kier alpha value is -3.55. The van der Waals surface area contributed by atoms with Crippen molar-refractivity contribution in [3.8, 4) is 22.5 Å². The molecule has 5 aromatic rings. The average molecular weight is 452 g/mol. The fourth-order valence-electron chi connectivity index (χ4n) is 4.45. The predicted octanol–water partition coefficient (Wildman–Crippen LogP) is 5.82. The zero-order valence-electron chi connectivity index (χ0n) is 18.7. The molecule has 0 aliphatic carbocycles. The van der Waals surface area contributed by atoms with Crippen LogP contribution in [0.25, 0.3) is 22.5 Å². The molecule has 5 rings (SSSR count). The van der Waals surface area contributed by atoms with Crippen molar-refractivity contribution in [3.63, 3.8) is 0 Å². The SMILES string of the molecule is Cn1nc(-c2ccccc2[P+](C)(c2ccccc2)c2ccccc2)cc1-c1ccc(F)cc1. The van der Waals surface area contributed by atoms with E-state index in [2.05, 4.69) is 97.7 Å². The highest BCUT2D eigenvalue weighted by molar-refractivity contribution is 7.95. The molecule has 4 aromatic carbocycles. The van der Waals surface area contributed by atoms with E-state index in [9.17, 15) is 4.39 Å². The number of aryl methyl sites for hydroxylation is 1. The van der Waals surface area contributed by atoms with Crippen LogP contribution in [0.5, 0.6) is 0 Å². The molecular formula is C29H25FN2P+. The molecule has 0 aliphatic heterocycles. The molecule has 0 aliphatic rings. The summed E-state index contributed by atoms with van der Waals surface area (Å²) in [6.45, 7) is 2.39. The van der Waals surface area contributed by atoms with Crippen LogP contribution in [0.1, 0.15) is 0 Å². The minimum Gasteiger partial charge on any atom is -0.267 e. The minimum absolute atomic E-state index is 0.238. The second-order valence-electron chi connectivity index (χ2n) is 8.24. The van der Waals surface area contributed by atoms with Crippen LogP contribution in [0, 0.1) is 5.82 Å². The van der Waals surface area contributed by atoms with Crippen LogP contribution in [0.2, 0.25) is 0 Å². The molecule has 4 heteroatoms. The number of nitrogens with zero attached hydrogens (tertiary/aromatic N) is 2. The highest BCUT2D eigenvalue weighted by Gasteiger charge is 2.42. The second-order valence-corrected chi connectivity index (χ2v) is 11.8. The maximum absolute atomic E-state index is 13.5. The zero-order valence-corrected chi connectivity index (χ0v) is 19.6. The maximum atomic E-state index is 13.5. The molecule has 0 bridgehead atoms. The molecule has 2 nitrogen and oxygen atoms in total. The van der Waals surface area contributed by atoms with Crippen molar-refractivity contribution in [1.82, 2.24) is 9.78 Å². The Morgan fingerprint density at radius 3 is 1.85 bits per heavy atom. The normalized spacial score (nSPS) is 11.5. The summed E-state index contributed by atoms with van der Waals surface area (Å²) in [6, 6.07) is 38.8. The number of benzene rings is 4. The number of hydrogen-bond donors (Lipinski definition) is 0. The first-order valence-electron chi connectivity index (χ1n) is 10.9. The molecular weight excluding hydrogens is 426 g/mol. The molecule has 0 N–H and O–H groups in total. The summed E-state index contributed by atoms with van der Waals surface area (Å²) >= 11 is 0. The molecule has 0 fully saturated rings. The predicted molar refractivity (Wildman–Crippen MR) is 139 cm³/mol. The Morgan fingerprint density at radius 1 is 0.697 bits per heavy atom. The Bertz CT molecular complexity index is 1340. The van der Waals surface area contributed by atoms with Gasteiger partial charge in [0, 0.05) is 12.6 Å². The van der Waals surface area contributed by atoms with Gasteiger partial charge in [-0.1, -0.05) is 48.5 Å². The highest BCUT2D eigenvalue weighted by atomic mass is 31.2. The topological polar surface area (TPSA) is 17.8 Å². The van der Waals surface area contributed by atoms with Gasteiger partial charge in [0.1, 0.15) is 29.0 Å². The fourth-order valence-corrected chi connectivity index (χ4v) is 7.90. The summed E-state index contributed by atoms with van der Waals surface area (Å²) in [5.41, 5.74) is 3.95. The van der Waals surface area contributed by atoms with Gasteiger partial charge in [-0.3, -0.25) is 4.68 Å². The van der Waals surface area contributed by atoms with Crippen LogP contribution in [-0.4, -0.2) is 16.4 Å². The standard InChI is InChI=1S/C29H25FN2P/c1-32-28(22-17-19-23(30)20-18-22)21-27(31-32)26-15-9-10-16-29(26)33(2,24-11-5-3-6-12-24)25-13-7-4-8-14-25/h3-21H,1-2H3/q+1. The van der Waals surface area contributed by atoms with Crippen LogP contribution in [0.4, 0.5) is 4.39 Å². The largest absolute Gasteiger partial charge is 0.267 e. The van der Waals surface area contributed by atoms with Gasteiger partial charge in [-0.2, -0.15) is 5.10 Å². The number of halogens is 1. The lowest BCUT2D eigenvalue weighted by Crippen LogP contribution is -2.31. The highest BCUT2D eigenvalue weighted by Crippen LogP contribution is 2.53. The van der Waals surface area contributed by atoms with Crippen LogP contribution in [0.3, 0.4) is 0 Å². The summed E-state index contributed by atoms with van der Waals surface area (Å²) in [5.74, 6) is -0.238. The van der Waals surface area contributed by atoms with Crippen molar-refractivity contribution >= 4 is 23.2 Å². The van der Waals surface area contributed by atoms with E-state index in [-0.39, 0.29) is 5.82 Å². The average Bonchev–Trinajstić information content (AvgIpc) is 3.26. The smallest absolute Gasteiger partial charge is 0.123 e. The first-order valence-corrected chi connectivity index (χ1v) is 13.2. The fraction of sp³-hybridized carbons (Fsp3) is 0.0690. The Morgan fingerprint density at radius 2 is 1.24 bits per heavy atom. The molecule has 0 unspecified atom stereocenters. The monoisotopic (exact) mass is 451 g/mol. The van der Waals surface area contributed by atoms with Crippen molar-refractivity contribution in [3.05, 3.63) is 121 Å². The molecule has 162 valence electrons. The van der Waals surface area contributed by atoms with Gasteiger partial charge in [0.05, 0.1) is 18.1 Å². The lowest BCUT2D eigenvalue weighted by molar-refractivity contribution is 0.628. The van der Waals surface area contributed by atoms with E-state index in [1.165, 1.54) is 28.0 Å². The molecule has 0 saturated carbocycles. The summed E-state index contributed by atoms with van der Waals surface area (Å²) in [4.78, 5) is 0. The molecule has 33 heavy (non-hydrogen) atoms. The second kappa shape index (κ2) is 8.77. The van der Waals surface area contributed by atoms with Crippen LogP contribution >= 0.6 is 7.26 Å². The van der Waals surface area contributed by atoms with Gasteiger partial charge >= 0.3 is 0 Å². The third-order valence-electron chi connectivity index (χ3n) is 6.23. The van der Waals surface area contributed by atoms with Crippen molar-refractivity contribution in [2.75, 3.05) is 6.66 Å². The van der Waals surface area contributed by atoms with Gasteiger partial charge < -0.3 is 0 Å². The zero-order chi connectivity index (χ0) is 22.8. The third-order valence-corrected chi connectivity index (χ3v) is 10.2. The minimum atomic E-state index is -1.91. The number of aromatic nitrogens is 2. The summed E-state index contributed by atoms with van der Waals surface area (Å²) in [7, 11) is 0.0253. The summed E-state index contributed by atoms with van der Waals surface area (Å²) < 4.78 is 15.3. The van der Waals surface area contributed by atoms with E-state index in [0.29, 0.717) is 0 Å². The lowest BCUT2D eigenvalue weighted by Gasteiger charge is -2.25. The molecule has 0 saturated heterocycles. The van der Waals surface area contributed by atoms with Gasteiger partial charge in [-0.25, -0.2) is 4.39 Å². The number of hydrogen-bond acceptors (Lipinski definition) is 1. The molecule has 0 radical (unpaired) electrons. The number of rotatable bonds is 5. The molecule has 0 spiro atoms. The molecule has 0 amide bonds. The van der Waals surface area contributed by atoms with E-state index in [1.807, 2.05) is 11.7 Å². The third kappa shape index (κ3) is 3.90. The van der Waals surface area contributed by atoms with Crippen molar-refractivity contribution < 1.29 is 4.39 Å². The van der Waals surface area contributed by atoms with Crippen molar-refractivity contribution in [2.45, 2.75) is 0 Å². The van der Waals surface area contributed by atoms with E-state index in [0.717, 1.165) is 22.5 Å². The van der Waals surface area contributed by atoms with Crippen LogP contribution < -0.4 is 15.9 Å². The van der Waals surface area contributed by atoms with Gasteiger partial charge in [-0.05, 0) is 72.3 Å². The Labute approximate surface area is 194 Å². The first-order chi connectivity index (χ1) is 16.1. The van der Waals surface area contributed by atoms with Gasteiger partial charge in [0.15, 0.2) is 0 Å². The van der Waals surface area contributed by atoms with Crippen LogP contribution in [0.15, 0.2) is 115 Å². The molecule has 1 aromatic heterocycles. The van der Waals surface area contributed by atoms with Gasteiger partial charge in [-0.15, -0.1) is 0 Å². The molecule has 0 atom stereocenters. The quantitative estimate of drug-likeness (QED) is 0.308. The van der Waals surface area contributed by atoms with Gasteiger partial charge in [0.2, 0.25) is 0 Å². The van der Waals surface area contributed by atoms with Crippen molar-refractivity contribution in [2.24, 2.45) is 7.05 Å². The molecule has 1 heterocycles. The van der Waals surface area contributed by atoms with E-state index < -0.39 is 7.26 Å². The van der Waals surface area contributed by atoms with E-state index >= 15 is 0 Å². The maximum Gasteiger partial charge on any atom is 0.123 e. The van der Waals surface area contributed by atoms with Crippen molar-refractivity contribution in [1.29, 1.82) is 0 Å². The Kier molecular flexibility index (Phi) is 5.66. The summed E-state index contributed by atoms with van der Waals surface area (Å²) in [6.07, 6.45) is 0. The van der Waals surface area contributed by atoms with E-state index in [1.54, 1.807) is 12.1 Å². The van der Waals surface area contributed by atoms with Gasteiger partial charge in [0.25, 0.3) is 0 Å².